The van der Waals surface area contributed by atoms with Crippen LogP contribution in [0, 0.1) is 0 Å². The molecule has 0 aromatic carbocycles. The van der Waals surface area contributed by atoms with Crippen molar-refractivity contribution in [2.45, 2.75) is 290 Å². The number of carbonyl (C=O) groups is 4. The zero-order valence-electron chi connectivity index (χ0n) is 65.3. The molecule has 0 aromatic heterocycles. The Hall–Kier alpha value is -6.10. The van der Waals surface area contributed by atoms with Crippen LogP contribution in [0.15, 0.2) is 194 Å². The van der Waals surface area contributed by atoms with E-state index in [1.165, 1.54) is 0 Å². The number of esters is 4. The molecule has 598 valence electrons. The van der Waals surface area contributed by atoms with Crippen molar-refractivity contribution in [3.8, 4) is 0 Å². The van der Waals surface area contributed by atoms with E-state index >= 15 is 0 Å². The van der Waals surface area contributed by atoms with E-state index in [1.807, 2.05) is 18.2 Å². The number of ether oxygens (including phenoxy) is 4. The third-order valence-corrected chi connectivity index (χ3v) is 17.4. The van der Waals surface area contributed by atoms with Crippen LogP contribution in [0.1, 0.15) is 272 Å². The fourth-order valence-corrected chi connectivity index (χ4v) is 11.2. The number of unbranched alkanes of at least 4 members (excludes halogenated alkanes) is 14. The van der Waals surface area contributed by atoms with Crippen molar-refractivity contribution < 1.29 is 80.2 Å². The van der Waals surface area contributed by atoms with Crippen LogP contribution in [0.25, 0.3) is 0 Å². The Morgan fingerprint density at radius 2 is 0.509 bits per heavy atom. The number of aliphatic hydroxyl groups is 1. The van der Waals surface area contributed by atoms with Crippen molar-refractivity contribution in [2.24, 2.45) is 0 Å². The van der Waals surface area contributed by atoms with E-state index < -0.39 is 97.5 Å². The predicted octanol–water partition coefficient (Wildman–Crippen LogP) is 23.3. The van der Waals surface area contributed by atoms with Crippen molar-refractivity contribution in [3.63, 3.8) is 0 Å². The Kier molecular flexibility index (Phi) is 72.6. The van der Waals surface area contributed by atoms with Gasteiger partial charge in [-0.05, 0) is 167 Å². The normalized spacial score (nSPS) is 14.9. The molecule has 0 spiro atoms. The molecule has 0 aliphatic carbocycles. The monoisotopic (exact) mass is 1520 g/mol. The quantitative estimate of drug-likeness (QED) is 0.0169. The van der Waals surface area contributed by atoms with Gasteiger partial charge in [-0.2, -0.15) is 0 Å². The molecule has 0 saturated carbocycles. The molecule has 0 bridgehead atoms. The van der Waals surface area contributed by atoms with E-state index in [-0.39, 0.29) is 25.7 Å². The molecule has 0 fully saturated rings. The molecule has 0 saturated heterocycles. The summed E-state index contributed by atoms with van der Waals surface area (Å²) in [7, 11) is -10.0. The summed E-state index contributed by atoms with van der Waals surface area (Å²) in [4.78, 5) is 73.0. The maximum absolute atomic E-state index is 13.1. The second kappa shape index (κ2) is 77.1. The van der Waals surface area contributed by atoms with E-state index in [4.69, 9.17) is 37.0 Å². The lowest BCUT2D eigenvalue weighted by Crippen LogP contribution is -2.30. The molecule has 17 nitrogen and oxygen atoms in total. The number of rotatable bonds is 72. The largest absolute Gasteiger partial charge is 0.472 e. The number of hydrogen-bond acceptors (Lipinski definition) is 15. The van der Waals surface area contributed by atoms with Gasteiger partial charge in [-0.1, -0.05) is 273 Å². The number of hydrogen-bond donors (Lipinski definition) is 3. The second-order valence-electron chi connectivity index (χ2n) is 25.5. The standard InChI is InChI=1S/C87H138O17P2/c1-5-9-13-17-21-25-29-33-36-38-40-42-45-48-51-55-59-63-67-71-84(89)97-77-82(103-86(91)73-69-65-61-57-53-47-32-28-24-20-16-12-8-4)79-101-105(93,94)99-75-81(88)76-100-106(95,96)102-80-83(104-87(92)74-70-66-62-58-54-50-44-35-31-27-23-19-15-11-7-3)78-98-85(90)72-68-64-60-56-52-49-46-43-41-39-37-34-30-26-22-18-14-10-6-2/h9-11,13-16,20-23,25-28,32-37,40-44,48-49,51-52,60,64,81-83,88H,5-8,12,17-19,24,29-31,38-39,45-47,50,53-59,61-63,65-80H2,1-4H3,(H,93,94)(H,95,96)/b13-9-,14-10-,15-11-,20-16-,25-21-,26-22-,27-23-,32-28-,36-33-,37-34-,42-40-,43-41-,44-35-,51-48-,52-49-,64-60-. The van der Waals surface area contributed by atoms with E-state index in [1.54, 1.807) is 0 Å². The van der Waals surface area contributed by atoms with Crippen LogP contribution in [0.3, 0.4) is 0 Å². The van der Waals surface area contributed by atoms with Crippen LogP contribution in [0.4, 0.5) is 0 Å². The van der Waals surface area contributed by atoms with Gasteiger partial charge in [0.15, 0.2) is 12.2 Å². The Morgan fingerprint density at radius 1 is 0.274 bits per heavy atom. The lowest BCUT2D eigenvalue weighted by Gasteiger charge is -2.21. The van der Waals surface area contributed by atoms with Crippen molar-refractivity contribution >= 4 is 39.5 Å². The van der Waals surface area contributed by atoms with Crippen LogP contribution >= 0.6 is 15.6 Å². The molecular weight excluding hydrogens is 1380 g/mol. The first-order valence-corrected chi connectivity index (χ1v) is 42.7. The van der Waals surface area contributed by atoms with E-state index in [9.17, 15) is 43.2 Å². The molecule has 5 atom stereocenters. The Labute approximate surface area is 640 Å². The fourth-order valence-electron chi connectivity index (χ4n) is 9.62. The summed E-state index contributed by atoms with van der Waals surface area (Å²) in [5, 5.41) is 10.6. The molecule has 0 heterocycles. The van der Waals surface area contributed by atoms with Crippen LogP contribution in [0.5, 0.6) is 0 Å². The molecule has 0 aromatic rings. The number of carbonyl (C=O) groups excluding carboxylic acids is 4. The first kappa shape index (κ1) is 99.9. The summed E-state index contributed by atoms with van der Waals surface area (Å²) in [5.74, 6) is -2.37. The van der Waals surface area contributed by atoms with Gasteiger partial charge in [0, 0.05) is 25.7 Å². The van der Waals surface area contributed by atoms with Crippen LogP contribution < -0.4 is 0 Å². The number of phosphoric acid groups is 2. The molecule has 0 radical (unpaired) electrons. The van der Waals surface area contributed by atoms with E-state index in [2.05, 4.69) is 204 Å². The first-order valence-electron chi connectivity index (χ1n) is 39.7. The Bertz CT molecular complexity index is 2780. The molecule has 0 rings (SSSR count). The highest BCUT2D eigenvalue weighted by Crippen LogP contribution is 2.45. The summed E-state index contributed by atoms with van der Waals surface area (Å²) in [5.41, 5.74) is 0. The van der Waals surface area contributed by atoms with Gasteiger partial charge in [0.05, 0.1) is 26.4 Å². The molecule has 0 amide bonds. The SMILES string of the molecule is CC/C=C\C/C=C\C/C=C\C/C=C\C/C=C\C/C=C\CCC(=O)OCC(COP(=O)(O)OCC(O)COP(=O)(O)OCC(COC(=O)CCCCC/C=C\C/C=C\C/C=C\C/C=C\C/C=C\CC)OC(=O)CCCCCCC/C=C\C/C=C\CCC)OC(=O)CCCCCCC/C=C\C/C=C\C/C=C\CC. The average molecular weight is 1520 g/mol. The zero-order chi connectivity index (χ0) is 77.4. The van der Waals surface area contributed by atoms with Crippen molar-refractivity contribution in [1.29, 1.82) is 0 Å². The minimum absolute atomic E-state index is 0.0239. The lowest BCUT2D eigenvalue weighted by atomic mass is 10.1. The van der Waals surface area contributed by atoms with Crippen LogP contribution in [-0.4, -0.2) is 96.7 Å². The van der Waals surface area contributed by atoms with Crippen molar-refractivity contribution in [2.75, 3.05) is 39.6 Å². The van der Waals surface area contributed by atoms with Gasteiger partial charge < -0.3 is 33.8 Å². The molecule has 3 N–H and O–H groups in total. The highest BCUT2D eigenvalue weighted by molar-refractivity contribution is 7.47. The minimum atomic E-state index is -5.01. The highest BCUT2D eigenvalue weighted by atomic mass is 31.2. The molecular formula is C87H138O17P2. The van der Waals surface area contributed by atoms with Gasteiger partial charge >= 0.3 is 39.5 Å². The van der Waals surface area contributed by atoms with E-state index in [0.717, 1.165) is 186 Å². The predicted molar refractivity (Wildman–Crippen MR) is 436 cm³/mol. The van der Waals surface area contributed by atoms with Crippen molar-refractivity contribution in [3.05, 3.63) is 194 Å². The van der Waals surface area contributed by atoms with Gasteiger partial charge in [0.2, 0.25) is 0 Å². The first-order chi connectivity index (χ1) is 51.7. The second-order valence-corrected chi connectivity index (χ2v) is 28.4. The van der Waals surface area contributed by atoms with Crippen LogP contribution in [-0.2, 0) is 65.4 Å². The molecule has 0 aliphatic heterocycles. The minimum Gasteiger partial charge on any atom is -0.462 e. The van der Waals surface area contributed by atoms with Crippen LogP contribution in [0.2, 0.25) is 0 Å². The Balaban J connectivity index is 5.49. The summed E-state index contributed by atoms with van der Waals surface area (Å²) in [6, 6.07) is 0. The fraction of sp³-hybridized carbons (Fsp3) is 0.586. The maximum atomic E-state index is 13.1. The molecule has 106 heavy (non-hydrogen) atoms. The summed E-state index contributed by atoms with van der Waals surface area (Å²) in [6.45, 7) is 4.28. The third-order valence-electron chi connectivity index (χ3n) is 15.5. The maximum Gasteiger partial charge on any atom is 0.472 e. The van der Waals surface area contributed by atoms with Gasteiger partial charge in [0.1, 0.15) is 19.3 Å². The van der Waals surface area contributed by atoms with E-state index in [0.29, 0.717) is 32.1 Å². The lowest BCUT2D eigenvalue weighted by molar-refractivity contribution is -0.161. The average Bonchev–Trinajstić information content (AvgIpc) is 0.933. The number of allylic oxidation sites excluding steroid dienone is 32. The number of phosphoric ester groups is 2. The van der Waals surface area contributed by atoms with Gasteiger partial charge in [-0.3, -0.25) is 37.3 Å². The van der Waals surface area contributed by atoms with Gasteiger partial charge in [-0.25, -0.2) is 9.13 Å². The molecule has 19 heteroatoms. The topological polar surface area (TPSA) is 237 Å². The summed E-state index contributed by atoms with van der Waals surface area (Å²) >= 11 is 0. The highest BCUT2D eigenvalue weighted by Gasteiger charge is 2.30. The smallest absolute Gasteiger partial charge is 0.462 e. The number of aliphatic hydroxyl groups excluding tert-OH is 1. The van der Waals surface area contributed by atoms with Crippen molar-refractivity contribution in [1.82, 2.24) is 0 Å². The zero-order valence-corrected chi connectivity index (χ0v) is 67.1. The molecule has 0 aliphatic rings. The third kappa shape index (κ3) is 76.1. The Morgan fingerprint density at radius 3 is 0.821 bits per heavy atom. The van der Waals surface area contributed by atoms with Gasteiger partial charge in [0.25, 0.3) is 0 Å². The summed E-state index contributed by atoms with van der Waals surface area (Å²) < 4.78 is 68.5. The summed E-state index contributed by atoms with van der Waals surface area (Å²) in [6.07, 6.45) is 94.3. The molecule has 5 unspecified atom stereocenters. The van der Waals surface area contributed by atoms with Gasteiger partial charge in [-0.15, -0.1) is 0 Å².